The summed E-state index contributed by atoms with van der Waals surface area (Å²) in [6.07, 6.45) is 7.03. The number of ether oxygens (including phenoxy) is 1. The molecule has 16 heavy (non-hydrogen) atoms. The van der Waals surface area contributed by atoms with Crippen LogP contribution in [0.15, 0.2) is 12.5 Å². The van der Waals surface area contributed by atoms with E-state index in [9.17, 15) is 0 Å². The fourth-order valence-electron chi connectivity index (χ4n) is 1.58. The van der Waals surface area contributed by atoms with E-state index >= 15 is 0 Å². The fourth-order valence-corrected chi connectivity index (χ4v) is 1.58. The van der Waals surface area contributed by atoms with E-state index in [0.717, 1.165) is 38.3 Å². The summed E-state index contributed by atoms with van der Waals surface area (Å²) in [7, 11) is 0. The smallest absolute Gasteiger partial charge is 0.0948 e. The highest BCUT2D eigenvalue weighted by molar-refractivity contribution is 5.02. The largest absolute Gasteiger partial charge is 0.381 e. The second kappa shape index (κ2) is 7.41. The van der Waals surface area contributed by atoms with Gasteiger partial charge in [0.1, 0.15) is 0 Å². The molecule has 0 saturated carbocycles. The van der Waals surface area contributed by atoms with Crippen molar-refractivity contribution in [2.75, 3.05) is 13.2 Å². The Bertz CT molecular complexity index is 284. The zero-order valence-electron chi connectivity index (χ0n) is 10.4. The number of aromatic nitrogens is 2. The molecule has 0 aliphatic heterocycles. The molecule has 0 amide bonds. The summed E-state index contributed by atoms with van der Waals surface area (Å²) in [5.74, 6) is 0. The van der Waals surface area contributed by atoms with Gasteiger partial charge in [-0.1, -0.05) is 13.3 Å². The molecule has 4 nitrogen and oxygen atoms in total. The van der Waals surface area contributed by atoms with Gasteiger partial charge in [0.05, 0.1) is 12.0 Å². The summed E-state index contributed by atoms with van der Waals surface area (Å²) in [4.78, 5) is 4.11. The Balaban J connectivity index is 2.19. The Hall–Kier alpha value is -0.870. The van der Waals surface area contributed by atoms with Gasteiger partial charge in [-0.05, 0) is 19.8 Å². The Morgan fingerprint density at radius 1 is 1.44 bits per heavy atom. The highest BCUT2D eigenvalue weighted by atomic mass is 16.5. The third kappa shape index (κ3) is 4.33. The van der Waals surface area contributed by atoms with Gasteiger partial charge in [-0.3, -0.25) is 0 Å². The van der Waals surface area contributed by atoms with Crippen LogP contribution in [-0.4, -0.2) is 22.8 Å². The van der Waals surface area contributed by atoms with Gasteiger partial charge in [0.25, 0.3) is 0 Å². The second-order valence-electron chi connectivity index (χ2n) is 4.12. The van der Waals surface area contributed by atoms with Gasteiger partial charge in [-0.15, -0.1) is 0 Å². The number of imidazole rings is 1. The van der Waals surface area contributed by atoms with E-state index < -0.39 is 0 Å². The summed E-state index contributed by atoms with van der Waals surface area (Å²) >= 11 is 0. The summed E-state index contributed by atoms with van der Waals surface area (Å²) in [6.45, 7) is 6.77. The molecule has 0 radical (unpaired) electrons. The molecular weight excluding hydrogens is 202 g/mol. The predicted molar refractivity (Wildman–Crippen MR) is 65.2 cm³/mol. The summed E-state index contributed by atoms with van der Waals surface area (Å²) in [5, 5.41) is 0. The summed E-state index contributed by atoms with van der Waals surface area (Å²) in [6, 6.07) is 0.0449. The molecule has 0 unspecified atom stereocenters. The number of aryl methyl sites for hydroxylation is 1. The van der Waals surface area contributed by atoms with Gasteiger partial charge in [0.15, 0.2) is 0 Å². The van der Waals surface area contributed by atoms with E-state index in [2.05, 4.69) is 16.5 Å². The fraction of sp³-hybridized carbons (Fsp3) is 0.750. The SMILES string of the molecule is CCCCOCCCn1cncc1[C@H](C)N. The van der Waals surface area contributed by atoms with E-state index in [0.29, 0.717) is 0 Å². The van der Waals surface area contributed by atoms with Gasteiger partial charge < -0.3 is 15.0 Å². The summed E-state index contributed by atoms with van der Waals surface area (Å²) < 4.78 is 7.61. The first kappa shape index (κ1) is 13.2. The maximum absolute atomic E-state index is 5.84. The molecule has 1 aromatic heterocycles. The standard InChI is InChI=1S/C12H23N3O/c1-3-4-7-16-8-5-6-15-10-14-9-12(15)11(2)13/h9-11H,3-8,13H2,1-2H3/t11-/m0/s1. The number of hydrogen-bond donors (Lipinski definition) is 1. The third-order valence-corrected chi connectivity index (χ3v) is 2.54. The van der Waals surface area contributed by atoms with E-state index in [1.807, 2.05) is 19.4 Å². The molecule has 92 valence electrons. The number of nitrogens with two attached hydrogens (primary N) is 1. The number of rotatable bonds is 8. The first-order valence-corrected chi connectivity index (χ1v) is 6.09. The van der Waals surface area contributed by atoms with Crippen LogP contribution in [0.5, 0.6) is 0 Å². The molecule has 0 aliphatic carbocycles. The van der Waals surface area contributed by atoms with Crippen LogP contribution >= 0.6 is 0 Å². The lowest BCUT2D eigenvalue weighted by Crippen LogP contribution is -2.12. The molecule has 0 bridgehead atoms. The molecule has 4 heteroatoms. The quantitative estimate of drug-likeness (QED) is 0.689. The van der Waals surface area contributed by atoms with Gasteiger partial charge in [-0.25, -0.2) is 4.98 Å². The van der Waals surface area contributed by atoms with Gasteiger partial charge in [0.2, 0.25) is 0 Å². The van der Waals surface area contributed by atoms with Crippen LogP contribution in [-0.2, 0) is 11.3 Å². The average Bonchev–Trinajstić information content (AvgIpc) is 2.71. The molecule has 0 fully saturated rings. The average molecular weight is 225 g/mol. The predicted octanol–water partition coefficient (Wildman–Crippen LogP) is 2.11. The van der Waals surface area contributed by atoms with Crippen molar-refractivity contribution in [3.05, 3.63) is 18.2 Å². The van der Waals surface area contributed by atoms with Crippen LogP contribution in [0.1, 0.15) is 44.8 Å². The number of unbranched alkanes of at least 4 members (excludes halogenated alkanes) is 1. The maximum Gasteiger partial charge on any atom is 0.0948 e. The Morgan fingerprint density at radius 2 is 2.19 bits per heavy atom. The van der Waals surface area contributed by atoms with Crippen molar-refractivity contribution < 1.29 is 4.74 Å². The third-order valence-electron chi connectivity index (χ3n) is 2.54. The van der Waals surface area contributed by atoms with Crippen LogP contribution in [0.25, 0.3) is 0 Å². The van der Waals surface area contributed by atoms with Crippen LogP contribution in [0.2, 0.25) is 0 Å². The summed E-state index contributed by atoms with van der Waals surface area (Å²) in [5.41, 5.74) is 6.93. The number of nitrogens with zero attached hydrogens (tertiary/aromatic N) is 2. The number of hydrogen-bond acceptors (Lipinski definition) is 3. The van der Waals surface area contributed by atoms with Gasteiger partial charge in [0, 0.05) is 32.0 Å². The topological polar surface area (TPSA) is 53.1 Å². The minimum Gasteiger partial charge on any atom is -0.381 e. The van der Waals surface area contributed by atoms with Crippen molar-refractivity contribution in [2.24, 2.45) is 5.73 Å². The molecule has 0 spiro atoms. The van der Waals surface area contributed by atoms with Crippen molar-refractivity contribution in [2.45, 2.75) is 45.7 Å². The van der Waals surface area contributed by atoms with Crippen LogP contribution in [0.3, 0.4) is 0 Å². The first-order chi connectivity index (χ1) is 7.75. The highest BCUT2D eigenvalue weighted by Crippen LogP contribution is 2.09. The molecule has 2 N–H and O–H groups in total. The van der Waals surface area contributed by atoms with E-state index in [1.54, 1.807) is 0 Å². The molecule has 1 atom stereocenters. The molecule has 1 heterocycles. The minimum absolute atomic E-state index is 0.0449. The molecule has 0 aromatic carbocycles. The van der Waals surface area contributed by atoms with Crippen molar-refractivity contribution in [1.82, 2.24) is 9.55 Å². The van der Waals surface area contributed by atoms with Crippen molar-refractivity contribution in [3.8, 4) is 0 Å². The van der Waals surface area contributed by atoms with E-state index in [-0.39, 0.29) is 6.04 Å². The van der Waals surface area contributed by atoms with Gasteiger partial charge >= 0.3 is 0 Å². The Kier molecular flexibility index (Phi) is 6.11. The lowest BCUT2D eigenvalue weighted by molar-refractivity contribution is 0.126. The zero-order valence-corrected chi connectivity index (χ0v) is 10.4. The van der Waals surface area contributed by atoms with Crippen molar-refractivity contribution >= 4 is 0 Å². The van der Waals surface area contributed by atoms with Crippen LogP contribution < -0.4 is 5.73 Å². The monoisotopic (exact) mass is 225 g/mol. The second-order valence-corrected chi connectivity index (χ2v) is 4.12. The molecule has 1 rings (SSSR count). The van der Waals surface area contributed by atoms with E-state index in [1.165, 1.54) is 6.42 Å². The molecule has 0 aliphatic rings. The van der Waals surface area contributed by atoms with Gasteiger partial charge in [-0.2, -0.15) is 0 Å². The van der Waals surface area contributed by atoms with Crippen LogP contribution in [0, 0.1) is 0 Å². The molecular formula is C12H23N3O. The zero-order chi connectivity index (χ0) is 11.8. The van der Waals surface area contributed by atoms with E-state index in [4.69, 9.17) is 10.5 Å². The minimum atomic E-state index is 0.0449. The van der Waals surface area contributed by atoms with Crippen LogP contribution in [0.4, 0.5) is 0 Å². The lowest BCUT2D eigenvalue weighted by Gasteiger charge is -2.10. The highest BCUT2D eigenvalue weighted by Gasteiger charge is 2.05. The maximum atomic E-state index is 5.84. The van der Waals surface area contributed by atoms with Crippen molar-refractivity contribution in [3.63, 3.8) is 0 Å². The Labute approximate surface area is 97.8 Å². The first-order valence-electron chi connectivity index (χ1n) is 6.09. The normalized spacial score (nSPS) is 12.9. The lowest BCUT2D eigenvalue weighted by atomic mass is 10.2. The molecule has 0 saturated heterocycles. The molecule has 1 aromatic rings. The van der Waals surface area contributed by atoms with Crippen molar-refractivity contribution in [1.29, 1.82) is 0 Å². The Morgan fingerprint density at radius 3 is 2.88 bits per heavy atom.